The van der Waals surface area contributed by atoms with Gasteiger partial charge in [0.2, 0.25) is 0 Å². The molecule has 4 heteroatoms. The SMILES string of the molecule is Clc1cc([C@H]2CNCCN2)ccc1I. The van der Waals surface area contributed by atoms with Crippen molar-refractivity contribution in [2.75, 3.05) is 19.6 Å². The van der Waals surface area contributed by atoms with Crippen molar-refractivity contribution >= 4 is 34.2 Å². The smallest absolute Gasteiger partial charge is 0.0542 e. The lowest BCUT2D eigenvalue weighted by Gasteiger charge is -2.25. The first-order chi connectivity index (χ1) is 6.77. The number of hydrogen-bond acceptors (Lipinski definition) is 2. The second-order valence-electron chi connectivity index (χ2n) is 3.38. The van der Waals surface area contributed by atoms with Crippen molar-refractivity contribution < 1.29 is 0 Å². The highest BCUT2D eigenvalue weighted by atomic mass is 127. The van der Waals surface area contributed by atoms with Crippen LogP contribution in [-0.4, -0.2) is 19.6 Å². The van der Waals surface area contributed by atoms with E-state index in [2.05, 4.69) is 45.4 Å². The van der Waals surface area contributed by atoms with Crippen LogP contribution in [0.15, 0.2) is 18.2 Å². The van der Waals surface area contributed by atoms with Gasteiger partial charge in [-0.25, -0.2) is 0 Å². The number of rotatable bonds is 1. The van der Waals surface area contributed by atoms with Crippen LogP contribution in [0, 0.1) is 3.57 Å². The predicted molar refractivity (Wildman–Crippen MR) is 67.8 cm³/mol. The number of halogens is 2. The second-order valence-corrected chi connectivity index (χ2v) is 4.95. The second kappa shape index (κ2) is 4.79. The van der Waals surface area contributed by atoms with Crippen LogP contribution in [0.1, 0.15) is 11.6 Å². The zero-order valence-electron chi connectivity index (χ0n) is 7.69. The van der Waals surface area contributed by atoms with Gasteiger partial charge in [0.05, 0.1) is 5.02 Å². The van der Waals surface area contributed by atoms with Gasteiger partial charge in [-0.3, -0.25) is 0 Å². The lowest BCUT2D eigenvalue weighted by atomic mass is 10.1. The third-order valence-electron chi connectivity index (χ3n) is 2.39. The van der Waals surface area contributed by atoms with Crippen molar-refractivity contribution in [3.05, 3.63) is 32.4 Å². The molecule has 2 N–H and O–H groups in total. The Labute approximate surface area is 103 Å². The Kier molecular flexibility index (Phi) is 3.65. The van der Waals surface area contributed by atoms with Gasteiger partial charge in [0, 0.05) is 29.2 Å². The molecule has 1 saturated heterocycles. The number of benzene rings is 1. The molecule has 0 spiro atoms. The summed E-state index contributed by atoms with van der Waals surface area (Å²) in [5, 5.41) is 7.66. The lowest BCUT2D eigenvalue weighted by Crippen LogP contribution is -2.42. The van der Waals surface area contributed by atoms with E-state index in [0.717, 1.165) is 28.2 Å². The molecule has 1 fully saturated rings. The Balaban J connectivity index is 2.18. The van der Waals surface area contributed by atoms with Crippen LogP contribution in [0.2, 0.25) is 5.02 Å². The van der Waals surface area contributed by atoms with Gasteiger partial charge in [-0.15, -0.1) is 0 Å². The van der Waals surface area contributed by atoms with Crippen molar-refractivity contribution in [2.45, 2.75) is 6.04 Å². The molecule has 0 amide bonds. The summed E-state index contributed by atoms with van der Waals surface area (Å²) in [4.78, 5) is 0. The zero-order chi connectivity index (χ0) is 9.97. The van der Waals surface area contributed by atoms with Crippen LogP contribution >= 0.6 is 34.2 Å². The van der Waals surface area contributed by atoms with E-state index in [0.29, 0.717) is 6.04 Å². The maximum atomic E-state index is 6.08. The first-order valence-corrected chi connectivity index (χ1v) is 6.12. The summed E-state index contributed by atoms with van der Waals surface area (Å²) >= 11 is 8.32. The maximum Gasteiger partial charge on any atom is 0.0542 e. The van der Waals surface area contributed by atoms with Crippen LogP contribution in [0.3, 0.4) is 0 Å². The van der Waals surface area contributed by atoms with Crippen LogP contribution in [0.4, 0.5) is 0 Å². The fraction of sp³-hybridized carbons (Fsp3) is 0.400. The number of piperazine rings is 1. The van der Waals surface area contributed by atoms with Crippen molar-refractivity contribution in [3.8, 4) is 0 Å². The minimum atomic E-state index is 0.401. The van der Waals surface area contributed by atoms with Gasteiger partial charge in [-0.2, -0.15) is 0 Å². The Hall–Kier alpha value is 0.160. The van der Waals surface area contributed by atoms with Crippen molar-refractivity contribution in [1.29, 1.82) is 0 Å². The van der Waals surface area contributed by atoms with Crippen LogP contribution in [-0.2, 0) is 0 Å². The Morgan fingerprint density at radius 2 is 2.21 bits per heavy atom. The van der Waals surface area contributed by atoms with E-state index in [9.17, 15) is 0 Å². The molecule has 0 unspecified atom stereocenters. The molecule has 76 valence electrons. The highest BCUT2D eigenvalue weighted by Gasteiger charge is 2.14. The molecule has 2 rings (SSSR count). The molecule has 1 aliphatic rings. The summed E-state index contributed by atoms with van der Waals surface area (Å²) in [7, 11) is 0. The molecule has 1 heterocycles. The van der Waals surface area contributed by atoms with E-state index in [1.165, 1.54) is 5.56 Å². The normalized spacial score (nSPS) is 22.3. The fourth-order valence-corrected chi connectivity index (χ4v) is 2.14. The van der Waals surface area contributed by atoms with Crippen molar-refractivity contribution in [1.82, 2.24) is 10.6 Å². The van der Waals surface area contributed by atoms with E-state index in [1.807, 2.05) is 6.07 Å². The molecule has 0 aromatic heterocycles. The Morgan fingerprint density at radius 1 is 1.36 bits per heavy atom. The Bertz CT molecular complexity index is 324. The van der Waals surface area contributed by atoms with E-state index >= 15 is 0 Å². The summed E-state index contributed by atoms with van der Waals surface area (Å²) in [5.74, 6) is 0. The predicted octanol–water partition coefficient (Wildman–Crippen LogP) is 2.18. The molecule has 1 aliphatic heterocycles. The quantitative estimate of drug-likeness (QED) is 0.775. The van der Waals surface area contributed by atoms with Gasteiger partial charge in [0.15, 0.2) is 0 Å². The van der Waals surface area contributed by atoms with Gasteiger partial charge in [-0.05, 0) is 40.3 Å². The molecule has 1 aromatic rings. The van der Waals surface area contributed by atoms with Crippen LogP contribution in [0.5, 0.6) is 0 Å². The van der Waals surface area contributed by atoms with E-state index in [-0.39, 0.29) is 0 Å². The number of nitrogens with one attached hydrogen (secondary N) is 2. The standard InChI is InChI=1S/C10H12ClIN2/c11-8-5-7(1-2-9(8)12)10-6-13-3-4-14-10/h1-2,5,10,13-14H,3-4,6H2/t10-/m1/s1. The third kappa shape index (κ3) is 2.39. The monoisotopic (exact) mass is 322 g/mol. The summed E-state index contributed by atoms with van der Waals surface area (Å²) in [6.45, 7) is 3.06. The van der Waals surface area contributed by atoms with Gasteiger partial charge in [0.1, 0.15) is 0 Å². The summed E-state index contributed by atoms with van der Waals surface area (Å²) in [6.07, 6.45) is 0. The first kappa shape index (κ1) is 10.7. The largest absolute Gasteiger partial charge is 0.314 e. The minimum absolute atomic E-state index is 0.401. The van der Waals surface area contributed by atoms with Crippen molar-refractivity contribution in [2.24, 2.45) is 0 Å². The summed E-state index contributed by atoms with van der Waals surface area (Å²) < 4.78 is 1.11. The zero-order valence-corrected chi connectivity index (χ0v) is 10.6. The summed E-state index contributed by atoms with van der Waals surface area (Å²) in [6, 6.07) is 6.65. The highest BCUT2D eigenvalue weighted by Crippen LogP contribution is 2.23. The third-order valence-corrected chi connectivity index (χ3v) is 3.96. The van der Waals surface area contributed by atoms with Crippen molar-refractivity contribution in [3.63, 3.8) is 0 Å². The summed E-state index contributed by atoms with van der Waals surface area (Å²) in [5.41, 5.74) is 1.27. The first-order valence-electron chi connectivity index (χ1n) is 4.66. The van der Waals surface area contributed by atoms with Crippen LogP contribution < -0.4 is 10.6 Å². The Morgan fingerprint density at radius 3 is 2.86 bits per heavy atom. The molecular formula is C10H12ClIN2. The van der Waals surface area contributed by atoms with Crippen LogP contribution in [0.25, 0.3) is 0 Å². The molecule has 0 aliphatic carbocycles. The lowest BCUT2D eigenvalue weighted by molar-refractivity contribution is 0.430. The van der Waals surface area contributed by atoms with E-state index in [1.54, 1.807) is 0 Å². The van der Waals surface area contributed by atoms with Gasteiger partial charge in [-0.1, -0.05) is 17.7 Å². The minimum Gasteiger partial charge on any atom is -0.314 e. The highest BCUT2D eigenvalue weighted by molar-refractivity contribution is 14.1. The topological polar surface area (TPSA) is 24.1 Å². The molecule has 0 bridgehead atoms. The van der Waals surface area contributed by atoms with E-state index < -0.39 is 0 Å². The molecule has 0 saturated carbocycles. The molecule has 1 atom stereocenters. The van der Waals surface area contributed by atoms with Gasteiger partial charge < -0.3 is 10.6 Å². The molecule has 14 heavy (non-hydrogen) atoms. The average molecular weight is 323 g/mol. The molecule has 0 radical (unpaired) electrons. The number of hydrogen-bond donors (Lipinski definition) is 2. The molecule has 1 aromatic carbocycles. The molecule has 2 nitrogen and oxygen atoms in total. The molecular weight excluding hydrogens is 310 g/mol. The fourth-order valence-electron chi connectivity index (χ4n) is 1.62. The van der Waals surface area contributed by atoms with Gasteiger partial charge >= 0.3 is 0 Å². The average Bonchev–Trinajstić information content (AvgIpc) is 2.23. The van der Waals surface area contributed by atoms with E-state index in [4.69, 9.17) is 11.6 Å². The van der Waals surface area contributed by atoms with Gasteiger partial charge in [0.25, 0.3) is 0 Å². The maximum absolute atomic E-state index is 6.08.